The second kappa shape index (κ2) is 17.7. The molecule has 1 amide bonds. The summed E-state index contributed by atoms with van der Waals surface area (Å²) in [6, 6.07) is 14.6. The minimum absolute atomic E-state index is 0.289. The molecule has 6 rings (SSSR count). The quantitative estimate of drug-likeness (QED) is 0.0945. The summed E-state index contributed by atoms with van der Waals surface area (Å²) in [7, 11) is 2.17. The first-order valence-electron chi connectivity index (χ1n) is 15.2. The summed E-state index contributed by atoms with van der Waals surface area (Å²) in [6.07, 6.45) is 4.68. The first-order valence-corrected chi connectivity index (χ1v) is 16.8. The maximum atomic E-state index is 15.5. The molecule has 0 saturated carbocycles. The Hall–Kier alpha value is -3.85. The number of piperazine rings is 1. The van der Waals surface area contributed by atoms with Crippen LogP contribution in [0.2, 0.25) is 5.02 Å². The lowest BCUT2D eigenvalue weighted by Crippen LogP contribution is -2.49. The minimum atomic E-state index is -0.986. The highest BCUT2D eigenvalue weighted by Gasteiger charge is 2.26. The molecule has 2 aromatic heterocycles. The third-order valence-electron chi connectivity index (χ3n) is 7.34. The van der Waals surface area contributed by atoms with Crippen LogP contribution in [-0.2, 0) is 4.79 Å². The Morgan fingerprint density at radius 3 is 2.15 bits per heavy atom. The number of hydrogen-bond donors (Lipinski definition) is 0. The topological polar surface area (TPSA) is 89.2 Å². The normalized spacial score (nSPS) is 14.3. The van der Waals surface area contributed by atoms with Crippen molar-refractivity contribution in [2.45, 2.75) is 38.8 Å². The van der Waals surface area contributed by atoms with Gasteiger partial charge in [-0.05, 0) is 62.3 Å². The first-order chi connectivity index (χ1) is 22.2. The number of pyridine rings is 1. The summed E-state index contributed by atoms with van der Waals surface area (Å²) in [5.41, 5.74) is 1.75. The Bertz CT molecular complexity index is 1700. The summed E-state index contributed by atoms with van der Waals surface area (Å²) >= 11 is 7.84. The van der Waals surface area contributed by atoms with Crippen LogP contribution in [-0.4, -0.2) is 83.2 Å². The highest BCUT2D eigenvalue weighted by molar-refractivity contribution is 7.98. The van der Waals surface area contributed by atoms with Crippen LogP contribution in [0.5, 0.6) is 0 Å². The van der Waals surface area contributed by atoms with Gasteiger partial charge in [-0.2, -0.15) is 9.65 Å². The number of anilines is 1. The van der Waals surface area contributed by atoms with E-state index in [-0.39, 0.29) is 13.1 Å². The van der Waals surface area contributed by atoms with Gasteiger partial charge < -0.3 is 14.7 Å². The molecular weight excluding hydrogens is 628 g/mol. The second-order valence-corrected chi connectivity index (χ2v) is 11.5. The Morgan fingerprint density at radius 1 is 1.00 bits per heavy atom. The van der Waals surface area contributed by atoms with E-state index in [0.29, 0.717) is 51.2 Å². The van der Waals surface area contributed by atoms with Crippen molar-refractivity contribution in [2.24, 2.45) is 0 Å². The molecule has 4 heterocycles. The number of halogens is 3. The molecule has 2 aliphatic rings. The van der Waals surface area contributed by atoms with Crippen LogP contribution >= 0.6 is 23.4 Å². The summed E-state index contributed by atoms with van der Waals surface area (Å²) in [6.45, 7) is 12.5. The summed E-state index contributed by atoms with van der Waals surface area (Å²) < 4.78 is 28.8. The van der Waals surface area contributed by atoms with Crippen molar-refractivity contribution >= 4 is 56.9 Å². The molecule has 4 aromatic rings. The zero-order chi connectivity index (χ0) is 33.8. The van der Waals surface area contributed by atoms with Gasteiger partial charge in [-0.15, -0.1) is 0 Å². The molecule has 12 heteroatoms. The lowest BCUT2D eigenvalue weighted by Gasteiger charge is -2.35. The molecular formula is C34H40ClF2N7OS. The fourth-order valence-electron chi connectivity index (χ4n) is 5.19. The van der Waals surface area contributed by atoms with Gasteiger partial charge in [0.15, 0.2) is 16.8 Å². The van der Waals surface area contributed by atoms with Crippen LogP contribution < -0.4 is 4.90 Å². The molecule has 0 unspecified atom stereocenters. The smallest absolute Gasteiger partial charge is 0.282 e. The Kier molecular flexibility index (Phi) is 14.1. The van der Waals surface area contributed by atoms with Crippen LogP contribution in [0.25, 0.3) is 32.9 Å². The van der Waals surface area contributed by atoms with Crippen molar-refractivity contribution in [3.63, 3.8) is 0 Å². The number of thioether (sulfide) groups is 1. The summed E-state index contributed by atoms with van der Waals surface area (Å²) in [5.74, 6) is -1.88. The third kappa shape index (κ3) is 8.90. The molecule has 8 nitrogen and oxygen atoms in total. The SMILES string of the molecule is C=C(F)C(=O)N1CCN(c2nc(SC)nc3cc(-c4cccc5cccc(Cl)c45)c(F)nc23)CC1.CC.CC#N.CN1CCCC1. The van der Waals surface area contributed by atoms with Gasteiger partial charge in [-0.3, -0.25) is 4.79 Å². The van der Waals surface area contributed by atoms with Crippen LogP contribution in [0.4, 0.5) is 14.6 Å². The van der Waals surface area contributed by atoms with Crippen molar-refractivity contribution in [3.05, 3.63) is 65.8 Å². The molecule has 0 N–H and O–H groups in total. The molecule has 2 fully saturated rings. The average Bonchev–Trinajstić information content (AvgIpc) is 3.56. The van der Waals surface area contributed by atoms with Crippen LogP contribution in [0.3, 0.4) is 0 Å². The van der Waals surface area contributed by atoms with E-state index in [1.807, 2.05) is 55.3 Å². The number of likely N-dealkylation sites (tertiary alicyclic amines) is 1. The molecule has 2 saturated heterocycles. The van der Waals surface area contributed by atoms with E-state index in [1.165, 1.54) is 49.5 Å². The molecule has 46 heavy (non-hydrogen) atoms. The van der Waals surface area contributed by atoms with Crippen molar-refractivity contribution in [1.29, 1.82) is 5.26 Å². The molecule has 2 aromatic carbocycles. The Balaban J connectivity index is 0.000000452. The molecule has 0 aliphatic carbocycles. The van der Waals surface area contributed by atoms with Gasteiger partial charge >= 0.3 is 0 Å². The van der Waals surface area contributed by atoms with E-state index in [9.17, 15) is 9.18 Å². The molecule has 0 spiro atoms. The fourth-order valence-corrected chi connectivity index (χ4v) is 5.84. The number of rotatable bonds is 4. The largest absolute Gasteiger partial charge is 0.351 e. The number of fused-ring (bicyclic) bond motifs is 2. The zero-order valence-corrected chi connectivity index (χ0v) is 28.6. The number of hydrogen-bond acceptors (Lipinski definition) is 8. The van der Waals surface area contributed by atoms with Crippen molar-refractivity contribution in [3.8, 4) is 17.2 Å². The predicted octanol–water partition coefficient (Wildman–Crippen LogP) is 7.76. The van der Waals surface area contributed by atoms with Gasteiger partial charge in [0, 0.05) is 49.1 Å². The van der Waals surface area contributed by atoms with Crippen molar-refractivity contribution in [1.82, 2.24) is 24.8 Å². The number of carbonyl (C=O) groups is 1. The Morgan fingerprint density at radius 2 is 1.61 bits per heavy atom. The molecule has 2 aliphatic heterocycles. The maximum Gasteiger partial charge on any atom is 0.282 e. The monoisotopic (exact) mass is 667 g/mol. The number of amides is 1. The van der Waals surface area contributed by atoms with Gasteiger partial charge in [0.25, 0.3) is 5.91 Å². The number of benzene rings is 2. The minimum Gasteiger partial charge on any atom is -0.351 e. The zero-order valence-electron chi connectivity index (χ0n) is 27.0. The number of nitriles is 1. The van der Waals surface area contributed by atoms with Gasteiger partial charge in [0.1, 0.15) is 5.52 Å². The van der Waals surface area contributed by atoms with Crippen LogP contribution in [0, 0.1) is 17.3 Å². The maximum absolute atomic E-state index is 15.5. The number of nitrogens with zero attached hydrogens (tertiary/aromatic N) is 7. The molecule has 0 radical (unpaired) electrons. The molecule has 0 atom stereocenters. The lowest BCUT2D eigenvalue weighted by atomic mass is 9.99. The molecule has 0 bridgehead atoms. The van der Waals surface area contributed by atoms with Crippen molar-refractivity contribution in [2.75, 3.05) is 57.5 Å². The van der Waals surface area contributed by atoms with E-state index in [4.69, 9.17) is 16.9 Å². The van der Waals surface area contributed by atoms with Gasteiger partial charge in [-0.25, -0.2) is 19.3 Å². The van der Waals surface area contributed by atoms with E-state index in [0.717, 1.165) is 10.8 Å². The van der Waals surface area contributed by atoms with E-state index in [1.54, 1.807) is 18.2 Å². The first kappa shape index (κ1) is 36.6. The standard InChI is InChI=1S/C25H20ClF2N5OS.C5H11N.C2H3N.C2H6/c1-14(27)24(34)33-11-9-32(10-12-33)23-21-19(29-25(31-23)35-2)13-17(22(28)30-21)16-7-3-5-15-6-4-8-18(26)20(15)16;1-6-4-2-3-5-6;1-2-3;1-2/h3-8,13H,1,9-12H2,2H3;2-5H2,1H3;1H3;1-2H3. The fraction of sp³-hybridized carbons (Fsp3) is 0.382. The highest BCUT2D eigenvalue weighted by Crippen LogP contribution is 2.37. The summed E-state index contributed by atoms with van der Waals surface area (Å²) in [5, 5.41) is 9.99. The highest BCUT2D eigenvalue weighted by atomic mass is 35.5. The van der Waals surface area contributed by atoms with Crippen LogP contribution in [0.1, 0.15) is 33.6 Å². The Labute approximate surface area is 279 Å². The molecule has 244 valence electrons. The average molecular weight is 668 g/mol. The van der Waals surface area contributed by atoms with Gasteiger partial charge in [0.2, 0.25) is 5.95 Å². The number of carbonyl (C=O) groups excluding carboxylic acids is 1. The van der Waals surface area contributed by atoms with Gasteiger partial charge in [-0.1, -0.05) is 74.1 Å². The third-order valence-corrected chi connectivity index (χ3v) is 8.20. The second-order valence-electron chi connectivity index (χ2n) is 10.3. The van der Waals surface area contributed by atoms with E-state index < -0.39 is 17.7 Å². The van der Waals surface area contributed by atoms with Gasteiger partial charge in [0.05, 0.1) is 11.6 Å². The van der Waals surface area contributed by atoms with E-state index in [2.05, 4.69) is 33.5 Å². The lowest BCUT2D eigenvalue weighted by molar-refractivity contribution is -0.128. The van der Waals surface area contributed by atoms with E-state index >= 15 is 4.39 Å². The summed E-state index contributed by atoms with van der Waals surface area (Å²) in [4.78, 5) is 31.0. The predicted molar refractivity (Wildman–Crippen MR) is 185 cm³/mol. The number of aromatic nitrogens is 3. The van der Waals surface area contributed by atoms with Crippen molar-refractivity contribution < 1.29 is 13.6 Å². The van der Waals surface area contributed by atoms with Crippen LogP contribution in [0.15, 0.2) is 60.0 Å².